The van der Waals surface area contributed by atoms with Crippen molar-refractivity contribution in [1.82, 2.24) is 0 Å². The Kier molecular flexibility index (Phi) is 2.13. The van der Waals surface area contributed by atoms with Crippen LogP contribution in [-0.4, -0.2) is 24.6 Å². The largest absolute Gasteiger partial charge is 0.468 e. The lowest BCUT2D eigenvalue weighted by Gasteiger charge is -2.13. The Hall–Kier alpha value is -1.19. The molecule has 4 heteroatoms. The monoisotopic (exact) mass is 196 g/mol. The second-order valence-corrected chi connectivity index (χ2v) is 4.04. The number of carbonyl (C=O) groups excluding carboxylic acids is 3. The molecule has 2 aliphatic carbocycles. The first kappa shape index (κ1) is 9.37. The number of methoxy groups -OCH3 is 1. The third-order valence-corrected chi connectivity index (χ3v) is 3.25. The summed E-state index contributed by atoms with van der Waals surface area (Å²) < 4.78 is 4.58. The average Bonchev–Trinajstić information content (AvgIpc) is 2.58. The maximum atomic E-state index is 11.5. The van der Waals surface area contributed by atoms with E-state index in [1.54, 1.807) is 0 Å². The summed E-state index contributed by atoms with van der Waals surface area (Å²) in [5.74, 6) is -1.02. The quantitative estimate of drug-likeness (QED) is 0.448. The summed E-state index contributed by atoms with van der Waals surface area (Å²) in [5.41, 5.74) is 0. The fourth-order valence-electron chi connectivity index (χ4n) is 2.63. The molecule has 0 amide bonds. The zero-order valence-corrected chi connectivity index (χ0v) is 7.99. The normalized spacial score (nSPS) is 35.9. The molecule has 2 fully saturated rings. The fourth-order valence-corrected chi connectivity index (χ4v) is 2.63. The number of ketones is 2. The first-order valence-corrected chi connectivity index (χ1v) is 4.75. The van der Waals surface area contributed by atoms with Crippen molar-refractivity contribution in [3.8, 4) is 0 Å². The Morgan fingerprint density at radius 3 is 2.64 bits per heavy atom. The molecule has 2 saturated carbocycles. The molecule has 0 spiro atoms. The van der Waals surface area contributed by atoms with E-state index >= 15 is 0 Å². The second-order valence-electron chi connectivity index (χ2n) is 4.04. The van der Waals surface area contributed by atoms with Gasteiger partial charge in [-0.25, -0.2) is 0 Å². The average molecular weight is 196 g/mol. The van der Waals surface area contributed by atoms with E-state index in [0.717, 1.165) is 0 Å². The summed E-state index contributed by atoms with van der Waals surface area (Å²) in [4.78, 5) is 34.0. The van der Waals surface area contributed by atoms with Gasteiger partial charge in [0, 0.05) is 19.3 Å². The Labute approximate surface area is 81.6 Å². The van der Waals surface area contributed by atoms with Crippen molar-refractivity contribution in [3.63, 3.8) is 0 Å². The molecule has 2 rings (SSSR count). The van der Waals surface area contributed by atoms with Crippen LogP contribution in [0.1, 0.15) is 19.3 Å². The van der Waals surface area contributed by atoms with Gasteiger partial charge in [-0.2, -0.15) is 0 Å². The lowest BCUT2D eigenvalue weighted by atomic mass is 9.92. The van der Waals surface area contributed by atoms with E-state index in [1.165, 1.54) is 7.11 Å². The Morgan fingerprint density at radius 1 is 1.29 bits per heavy atom. The van der Waals surface area contributed by atoms with E-state index in [-0.39, 0.29) is 23.4 Å². The molecular formula is C10H12O4. The molecule has 0 N–H and O–H groups in total. The van der Waals surface area contributed by atoms with Gasteiger partial charge in [-0.15, -0.1) is 0 Å². The highest BCUT2D eigenvalue weighted by Crippen LogP contribution is 2.44. The second kappa shape index (κ2) is 3.19. The molecule has 0 saturated heterocycles. The molecule has 0 aromatic carbocycles. The molecule has 0 aliphatic heterocycles. The highest BCUT2D eigenvalue weighted by atomic mass is 16.5. The van der Waals surface area contributed by atoms with Gasteiger partial charge >= 0.3 is 5.97 Å². The molecule has 14 heavy (non-hydrogen) atoms. The molecule has 4 nitrogen and oxygen atoms in total. The molecule has 2 aliphatic rings. The van der Waals surface area contributed by atoms with Gasteiger partial charge in [0.2, 0.25) is 0 Å². The van der Waals surface area contributed by atoms with Gasteiger partial charge < -0.3 is 4.74 Å². The number of esters is 1. The number of Topliss-reactive ketones (excluding diaryl/α,β-unsaturated/α-hetero) is 2. The minimum absolute atomic E-state index is 0.0562. The van der Waals surface area contributed by atoms with E-state index in [0.29, 0.717) is 19.3 Å². The van der Waals surface area contributed by atoms with Crippen molar-refractivity contribution in [3.05, 3.63) is 0 Å². The summed E-state index contributed by atoms with van der Waals surface area (Å²) in [6.07, 6.45) is 1.20. The summed E-state index contributed by atoms with van der Waals surface area (Å²) in [6, 6.07) is 0. The molecule has 0 bridgehead atoms. The van der Waals surface area contributed by atoms with Crippen LogP contribution >= 0.6 is 0 Å². The first-order chi connectivity index (χ1) is 6.63. The van der Waals surface area contributed by atoms with Gasteiger partial charge in [0.05, 0.1) is 7.11 Å². The number of carbonyl (C=O) groups is 3. The lowest BCUT2D eigenvalue weighted by Crippen LogP contribution is -2.26. The minimum Gasteiger partial charge on any atom is -0.468 e. The van der Waals surface area contributed by atoms with Crippen molar-refractivity contribution in [2.45, 2.75) is 19.3 Å². The Bertz CT molecular complexity index is 299. The van der Waals surface area contributed by atoms with Crippen molar-refractivity contribution < 1.29 is 19.1 Å². The standard InChI is InChI=1S/C10H12O4/c1-14-10(13)9-7-4-6(11)2-5(7)3-8(9)12/h5,7,9H,2-4H2,1H3. The van der Waals surface area contributed by atoms with Crippen LogP contribution in [0.3, 0.4) is 0 Å². The molecule has 76 valence electrons. The van der Waals surface area contributed by atoms with Crippen LogP contribution < -0.4 is 0 Å². The summed E-state index contributed by atoms with van der Waals surface area (Å²) in [7, 11) is 1.28. The Balaban J connectivity index is 2.20. The van der Waals surface area contributed by atoms with Crippen molar-refractivity contribution in [2.75, 3.05) is 7.11 Å². The minimum atomic E-state index is -0.670. The Morgan fingerprint density at radius 2 is 2.00 bits per heavy atom. The third kappa shape index (κ3) is 1.25. The van der Waals surface area contributed by atoms with E-state index in [2.05, 4.69) is 4.74 Å². The molecule has 3 atom stereocenters. The maximum absolute atomic E-state index is 11.5. The van der Waals surface area contributed by atoms with E-state index in [4.69, 9.17) is 0 Å². The van der Waals surface area contributed by atoms with Gasteiger partial charge in [0.25, 0.3) is 0 Å². The van der Waals surface area contributed by atoms with Crippen molar-refractivity contribution in [2.24, 2.45) is 17.8 Å². The number of hydrogen-bond acceptors (Lipinski definition) is 4. The highest BCUT2D eigenvalue weighted by Gasteiger charge is 2.51. The van der Waals surface area contributed by atoms with Crippen LogP contribution in [0.2, 0.25) is 0 Å². The summed E-state index contributed by atoms with van der Waals surface area (Å²) in [6.45, 7) is 0. The van der Waals surface area contributed by atoms with Crippen molar-refractivity contribution in [1.29, 1.82) is 0 Å². The number of hydrogen-bond donors (Lipinski definition) is 0. The van der Waals surface area contributed by atoms with Crippen LogP contribution in [0, 0.1) is 17.8 Å². The van der Waals surface area contributed by atoms with E-state index in [9.17, 15) is 14.4 Å². The van der Waals surface area contributed by atoms with Crippen LogP contribution in [0.4, 0.5) is 0 Å². The molecule has 0 heterocycles. The summed E-state index contributed by atoms with van der Waals surface area (Å²) >= 11 is 0. The fraction of sp³-hybridized carbons (Fsp3) is 0.700. The first-order valence-electron chi connectivity index (χ1n) is 4.75. The van der Waals surface area contributed by atoms with Gasteiger partial charge in [-0.1, -0.05) is 0 Å². The SMILES string of the molecule is COC(=O)C1C(=O)CC2CC(=O)CC21. The van der Waals surface area contributed by atoms with Crippen LogP contribution in [0.5, 0.6) is 0 Å². The molecule has 0 radical (unpaired) electrons. The number of ether oxygens (including phenoxy) is 1. The van der Waals surface area contributed by atoms with E-state index in [1.807, 2.05) is 0 Å². The van der Waals surface area contributed by atoms with Gasteiger partial charge in [0.1, 0.15) is 17.5 Å². The lowest BCUT2D eigenvalue weighted by molar-refractivity contribution is -0.149. The van der Waals surface area contributed by atoms with Crippen LogP contribution in [0.25, 0.3) is 0 Å². The van der Waals surface area contributed by atoms with Crippen LogP contribution in [-0.2, 0) is 19.1 Å². The van der Waals surface area contributed by atoms with Gasteiger partial charge in [-0.3, -0.25) is 14.4 Å². The molecule has 0 aromatic rings. The molecule has 0 aromatic heterocycles. The molecule has 3 unspecified atom stereocenters. The number of rotatable bonds is 1. The highest BCUT2D eigenvalue weighted by molar-refractivity contribution is 6.03. The van der Waals surface area contributed by atoms with Crippen LogP contribution in [0.15, 0.2) is 0 Å². The topological polar surface area (TPSA) is 60.4 Å². The summed E-state index contributed by atoms with van der Waals surface area (Å²) in [5, 5.41) is 0. The smallest absolute Gasteiger partial charge is 0.316 e. The maximum Gasteiger partial charge on any atom is 0.316 e. The predicted octanol–water partition coefficient (Wildman–Crippen LogP) is 0.344. The van der Waals surface area contributed by atoms with E-state index < -0.39 is 11.9 Å². The predicted molar refractivity (Wildman–Crippen MR) is 46.4 cm³/mol. The van der Waals surface area contributed by atoms with Gasteiger partial charge in [-0.05, 0) is 11.8 Å². The zero-order chi connectivity index (χ0) is 10.3. The van der Waals surface area contributed by atoms with Gasteiger partial charge in [0.15, 0.2) is 0 Å². The number of fused-ring (bicyclic) bond motifs is 1. The zero-order valence-electron chi connectivity index (χ0n) is 7.99. The van der Waals surface area contributed by atoms with Crippen molar-refractivity contribution >= 4 is 17.5 Å². The molecular weight excluding hydrogens is 184 g/mol. The third-order valence-electron chi connectivity index (χ3n) is 3.25.